The normalized spacial score (nSPS) is 11.2. The van der Waals surface area contributed by atoms with Crippen molar-refractivity contribution in [3.63, 3.8) is 0 Å². The first kappa shape index (κ1) is 14.2. The molecule has 0 aliphatic heterocycles. The van der Waals surface area contributed by atoms with Gasteiger partial charge in [0.05, 0.1) is 11.3 Å². The summed E-state index contributed by atoms with van der Waals surface area (Å²) in [5.41, 5.74) is 9.42. The molecule has 6 heteroatoms. The first-order valence-electron chi connectivity index (χ1n) is 5.97. The number of aromatic amines is 1. The van der Waals surface area contributed by atoms with E-state index in [4.69, 9.17) is 5.73 Å². The lowest BCUT2D eigenvalue weighted by molar-refractivity contribution is 0.600. The van der Waals surface area contributed by atoms with Gasteiger partial charge in [0.25, 0.3) is 0 Å². The summed E-state index contributed by atoms with van der Waals surface area (Å²) in [7, 11) is -3.20. The molecular weight excluding hydrogens is 274 g/mol. The summed E-state index contributed by atoms with van der Waals surface area (Å²) in [6.45, 7) is 1.82. The number of anilines is 1. The van der Waals surface area contributed by atoms with Crippen LogP contribution in [0.4, 0.5) is 5.69 Å². The highest BCUT2D eigenvalue weighted by Gasteiger charge is 2.19. The SMILES string of the molecule is Cc1[nH]c(CS(C)(=O)=O)c(C#N)c1-c1ccc(N)cc1. The molecule has 0 bridgehead atoms. The van der Waals surface area contributed by atoms with E-state index < -0.39 is 9.84 Å². The van der Waals surface area contributed by atoms with E-state index in [1.165, 1.54) is 0 Å². The molecule has 1 aromatic heterocycles. The summed E-state index contributed by atoms with van der Waals surface area (Å²) in [6.07, 6.45) is 1.15. The molecule has 1 aromatic carbocycles. The highest BCUT2D eigenvalue weighted by Crippen LogP contribution is 2.30. The van der Waals surface area contributed by atoms with Crippen LogP contribution in [0.2, 0.25) is 0 Å². The molecule has 20 heavy (non-hydrogen) atoms. The lowest BCUT2D eigenvalue weighted by Crippen LogP contribution is -2.02. The maximum Gasteiger partial charge on any atom is 0.153 e. The van der Waals surface area contributed by atoms with Gasteiger partial charge in [0.2, 0.25) is 0 Å². The molecule has 2 rings (SSSR count). The Morgan fingerprint density at radius 2 is 1.90 bits per heavy atom. The number of nitrogens with one attached hydrogen (secondary N) is 1. The zero-order valence-electron chi connectivity index (χ0n) is 11.3. The number of nitrogens with two attached hydrogens (primary N) is 1. The lowest BCUT2D eigenvalue weighted by Gasteiger charge is -2.02. The minimum absolute atomic E-state index is 0.175. The van der Waals surface area contributed by atoms with Crippen molar-refractivity contribution in [2.75, 3.05) is 12.0 Å². The van der Waals surface area contributed by atoms with Gasteiger partial charge in [-0.25, -0.2) is 8.42 Å². The van der Waals surface area contributed by atoms with E-state index in [0.717, 1.165) is 23.1 Å². The predicted molar refractivity (Wildman–Crippen MR) is 78.6 cm³/mol. The summed E-state index contributed by atoms with van der Waals surface area (Å²) < 4.78 is 22.8. The van der Waals surface area contributed by atoms with Crippen LogP contribution in [-0.2, 0) is 15.6 Å². The Morgan fingerprint density at radius 1 is 1.30 bits per heavy atom. The van der Waals surface area contributed by atoms with Gasteiger partial charge in [-0.3, -0.25) is 0 Å². The van der Waals surface area contributed by atoms with Crippen LogP contribution in [0.1, 0.15) is 17.0 Å². The summed E-state index contributed by atoms with van der Waals surface area (Å²) in [6, 6.07) is 9.22. The number of hydrogen-bond acceptors (Lipinski definition) is 4. The van der Waals surface area contributed by atoms with Gasteiger partial charge in [-0.15, -0.1) is 0 Å². The van der Waals surface area contributed by atoms with Crippen molar-refractivity contribution in [2.45, 2.75) is 12.7 Å². The van der Waals surface area contributed by atoms with E-state index in [1.54, 1.807) is 12.1 Å². The molecule has 5 nitrogen and oxygen atoms in total. The Bertz CT molecular complexity index is 781. The minimum atomic E-state index is -3.20. The van der Waals surface area contributed by atoms with Gasteiger partial charge in [0.1, 0.15) is 6.07 Å². The molecule has 0 atom stereocenters. The number of nitrogen functional groups attached to an aromatic ring is 1. The first-order chi connectivity index (χ1) is 9.31. The van der Waals surface area contributed by atoms with Crippen LogP contribution in [0, 0.1) is 18.3 Å². The van der Waals surface area contributed by atoms with E-state index >= 15 is 0 Å². The molecule has 104 valence electrons. The van der Waals surface area contributed by atoms with Gasteiger partial charge < -0.3 is 10.7 Å². The second-order valence-corrected chi connectivity index (χ2v) is 6.92. The van der Waals surface area contributed by atoms with Crippen molar-refractivity contribution in [3.05, 3.63) is 41.2 Å². The fourth-order valence-corrected chi connectivity index (χ4v) is 2.94. The van der Waals surface area contributed by atoms with Crippen molar-refractivity contribution >= 4 is 15.5 Å². The van der Waals surface area contributed by atoms with Crippen molar-refractivity contribution in [1.29, 1.82) is 5.26 Å². The molecule has 0 unspecified atom stereocenters. The third-order valence-corrected chi connectivity index (χ3v) is 3.80. The maximum atomic E-state index is 11.4. The summed E-state index contributed by atoms with van der Waals surface area (Å²) in [5, 5.41) is 9.34. The topological polar surface area (TPSA) is 99.7 Å². The first-order valence-corrected chi connectivity index (χ1v) is 8.03. The zero-order chi connectivity index (χ0) is 14.9. The molecule has 0 aliphatic carbocycles. The number of H-pyrrole nitrogens is 1. The zero-order valence-corrected chi connectivity index (χ0v) is 12.1. The van der Waals surface area contributed by atoms with Gasteiger partial charge in [-0.2, -0.15) is 5.26 Å². The standard InChI is InChI=1S/C14H15N3O2S/c1-9-14(10-3-5-11(16)6-4-10)12(7-15)13(17-9)8-20(2,18)19/h3-6,17H,8,16H2,1-2H3. The fourth-order valence-electron chi connectivity index (χ4n) is 2.19. The van der Waals surface area contributed by atoms with Crippen molar-refractivity contribution < 1.29 is 8.42 Å². The van der Waals surface area contributed by atoms with Crippen LogP contribution in [0.15, 0.2) is 24.3 Å². The Balaban J connectivity index is 2.60. The smallest absolute Gasteiger partial charge is 0.153 e. The minimum Gasteiger partial charge on any atom is -0.399 e. The number of rotatable bonds is 3. The Labute approximate surface area is 118 Å². The third kappa shape index (κ3) is 2.83. The van der Waals surface area contributed by atoms with Crippen LogP contribution in [0.3, 0.4) is 0 Å². The van der Waals surface area contributed by atoms with E-state index in [0.29, 0.717) is 16.9 Å². The van der Waals surface area contributed by atoms with Crippen LogP contribution in [0.25, 0.3) is 11.1 Å². The molecule has 0 spiro atoms. The molecule has 0 aliphatic rings. The van der Waals surface area contributed by atoms with Gasteiger partial charge in [0, 0.05) is 28.9 Å². The molecule has 0 radical (unpaired) electrons. The number of nitrogens with zero attached hydrogens (tertiary/aromatic N) is 1. The third-order valence-electron chi connectivity index (χ3n) is 2.98. The summed E-state index contributed by atoms with van der Waals surface area (Å²) >= 11 is 0. The molecule has 0 saturated carbocycles. The van der Waals surface area contributed by atoms with Gasteiger partial charge >= 0.3 is 0 Å². The Kier molecular flexibility index (Phi) is 3.55. The lowest BCUT2D eigenvalue weighted by atomic mass is 10.0. The monoisotopic (exact) mass is 289 g/mol. The molecule has 2 aromatic rings. The molecule has 0 fully saturated rings. The van der Waals surface area contributed by atoms with Crippen molar-refractivity contribution in [2.24, 2.45) is 0 Å². The number of aromatic nitrogens is 1. The number of hydrogen-bond donors (Lipinski definition) is 2. The number of benzene rings is 1. The number of nitriles is 1. The van der Waals surface area contributed by atoms with Crippen molar-refractivity contribution in [3.8, 4) is 17.2 Å². The van der Waals surface area contributed by atoms with Crippen molar-refractivity contribution in [1.82, 2.24) is 4.98 Å². The van der Waals surface area contributed by atoms with Crippen LogP contribution < -0.4 is 5.73 Å². The second-order valence-electron chi connectivity index (χ2n) is 4.78. The molecule has 0 saturated heterocycles. The Hall–Kier alpha value is -2.26. The average Bonchev–Trinajstić information content (AvgIpc) is 2.64. The van der Waals surface area contributed by atoms with Crippen LogP contribution in [0.5, 0.6) is 0 Å². The quantitative estimate of drug-likeness (QED) is 0.844. The predicted octanol–water partition coefficient (Wildman–Crippen LogP) is 1.99. The van der Waals surface area contributed by atoms with E-state index in [1.807, 2.05) is 19.1 Å². The largest absolute Gasteiger partial charge is 0.399 e. The molecule has 1 heterocycles. The number of sulfone groups is 1. The maximum absolute atomic E-state index is 11.4. The average molecular weight is 289 g/mol. The molecule has 0 amide bonds. The summed E-state index contributed by atoms with van der Waals surface area (Å²) in [4.78, 5) is 3.00. The van der Waals surface area contributed by atoms with Gasteiger partial charge in [0.15, 0.2) is 9.84 Å². The fraction of sp³-hybridized carbons (Fsp3) is 0.214. The van der Waals surface area contributed by atoms with Crippen LogP contribution in [-0.4, -0.2) is 19.7 Å². The van der Waals surface area contributed by atoms with E-state index in [-0.39, 0.29) is 5.75 Å². The van der Waals surface area contributed by atoms with Crippen LogP contribution >= 0.6 is 0 Å². The summed E-state index contributed by atoms with van der Waals surface area (Å²) in [5.74, 6) is -0.175. The van der Waals surface area contributed by atoms with Gasteiger partial charge in [-0.05, 0) is 24.6 Å². The second kappa shape index (κ2) is 5.02. The van der Waals surface area contributed by atoms with E-state index in [9.17, 15) is 13.7 Å². The van der Waals surface area contributed by atoms with Gasteiger partial charge in [-0.1, -0.05) is 12.1 Å². The molecular formula is C14H15N3O2S. The number of aryl methyl sites for hydroxylation is 1. The van der Waals surface area contributed by atoms with E-state index in [2.05, 4.69) is 11.1 Å². The highest BCUT2D eigenvalue weighted by atomic mass is 32.2. The Morgan fingerprint density at radius 3 is 2.40 bits per heavy atom. The molecule has 3 N–H and O–H groups in total. The highest BCUT2D eigenvalue weighted by molar-refractivity contribution is 7.89.